The summed E-state index contributed by atoms with van der Waals surface area (Å²) in [6.45, 7) is 5.62. The third kappa shape index (κ3) is 4.32. The standard InChI is InChI=1S/C15H19ClFNO2/c1-4-9(2)10(3)15(20)18-8-14(19)11-5-6-12(16)13(17)7-11/h5-7,14,19H,4,8H2,1-3H3,(H,18,20)/b10-9-. The monoisotopic (exact) mass is 299 g/mol. The van der Waals surface area contributed by atoms with E-state index in [1.165, 1.54) is 18.2 Å². The van der Waals surface area contributed by atoms with Crippen molar-refractivity contribution in [1.82, 2.24) is 5.32 Å². The van der Waals surface area contributed by atoms with Crippen molar-refractivity contribution in [3.8, 4) is 0 Å². The number of nitrogens with one attached hydrogen (secondary N) is 1. The minimum absolute atomic E-state index is 0.00216. The van der Waals surface area contributed by atoms with E-state index in [9.17, 15) is 14.3 Å². The summed E-state index contributed by atoms with van der Waals surface area (Å²) in [4.78, 5) is 11.8. The number of halogens is 2. The van der Waals surface area contributed by atoms with E-state index >= 15 is 0 Å². The summed E-state index contributed by atoms with van der Waals surface area (Å²) in [5, 5.41) is 12.6. The van der Waals surface area contributed by atoms with Crippen LogP contribution in [0.3, 0.4) is 0 Å². The molecule has 0 spiro atoms. The van der Waals surface area contributed by atoms with Crippen LogP contribution in [0.1, 0.15) is 38.9 Å². The molecule has 0 fully saturated rings. The van der Waals surface area contributed by atoms with Crippen molar-refractivity contribution in [2.24, 2.45) is 0 Å². The Morgan fingerprint density at radius 2 is 2.10 bits per heavy atom. The van der Waals surface area contributed by atoms with E-state index in [0.717, 1.165) is 12.0 Å². The Morgan fingerprint density at radius 1 is 1.45 bits per heavy atom. The molecule has 0 bridgehead atoms. The maximum absolute atomic E-state index is 13.3. The van der Waals surface area contributed by atoms with Crippen molar-refractivity contribution in [2.75, 3.05) is 6.54 Å². The van der Waals surface area contributed by atoms with Gasteiger partial charge in [0.15, 0.2) is 0 Å². The van der Waals surface area contributed by atoms with Gasteiger partial charge in [0.1, 0.15) is 5.82 Å². The molecule has 110 valence electrons. The number of aliphatic hydroxyl groups is 1. The molecule has 20 heavy (non-hydrogen) atoms. The van der Waals surface area contributed by atoms with Crippen LogP contribution < -0.4 is 5.32 Å². The fourth-order valence-electron chi connectivity index (χ4n) is 1.62. The zero-order valence-electron chi connectivity index (χ0n) is 11.8. The minimum atomic E-state index is -0.972. The molecule has 0 aliphatic carbocycles. The second-order valence-corrected chi connectivity index (χ2v) is 5.07. The lowest BCUT2D eigenvalue weighted by molar-refractivity contribution is -0.118. The quantitative estimate of drug-likeness (QED) is 0.819. The number of carbonyl (C=O) groups excluding carboxylic acids is 1. The van der Waals surface area contributed by atoms with Gasteiger partial charge in [-0.15, -0.1) is 0 Å². The van der Waals surface area contributed by atoms with E-state index in [4.69, 9.17) is 11.6 Å². The lowest BCUT2D eigenvalue weighted by Crippen LogP contribution is -2.29. The van der Waals surface area contributed by atoms with E-state index in [1.807, 2.05) is 13.8 Å². The number of aliphatic hydroxyl groups excluding tert-OH is 1. The average Bonchev–Trinajstić information content (AvgIpc) is 2.45. The van der Waals surface area contributed by atoms with Gasteiger partial charge < -0.3 is 10.4 Å². The van der Waals surface area contributed by atoms with Crippen LogP contribution in [-0.4, -0.2) is 17.6 Å². The van der Waals surface area contributed by atoms with Crippen LogP contribution in [-0.2, 0) is 4.79 Å². The van der Waals surface area contributed by atoms with Crippen molar-refractivity contribution in [1.29, 1.82) is 0 Å². The van der Waals surface area contributed by atoms with E-state index < -0.39 is 11.9 Å². The smallest absolute Gasteiger partial charge is 0.246 e. The van der Waals surface area contributed by atoms with E-state index in [0.29, 0.717) is 11.1 Å². The van der Waals surface area contributed by atoms with Crippen molar-refractivity contribution in [2.45, 2.75) is 33.3 Å². The molecule has 1 amide bonds. The lowest BCUT2D eigenvalue weighted by atomic mass is 10.1. The summed E-state index contributed by atoms with van der Waals surface area (Å²) in [7, 11) is 0. The van der Waals surface area contributed by atoms with Crippen molar-refractivity contribution < 1.29 is 14.3 Å². The molecular weight excluding hydrogens is 281 g/mol. The Balaban J connectivity index is 2.66. The number of carbonyl (C=O) groups is 1. The first-order chi connectivity index (χ1) is 9.36. The van der Waals surface area contributed by atoms with Crippen LogP contribution >= 0.6 is 11.6 Å². The highest BCUT2D eigenvalue weighted by Crippen LogP contribution is 2.20. The van der Waals surface area contributed by atoms with Crippen molar-refractivity contribution in [3.63, 3.8) is 0 Å². The van der Waals surface area contributed by atoms with Crippen LogP contribution in [0.15, 0.2) is 29.3 Å². The molecular formula is C15H19ClFNO2. The predicted octanol–water partition coefficient (Wildman–Crippen LogP) is 3.38. The third-order valence-corrected chi connectivity index (χ3v) is 3.60. The number of benzene rings is 1. The summed E-state index contributed by atoms with van der Waals surface area (Å²) < 4.78 is 13.3. The second kappa shape index (κ2) is 7.41. The normalized spacial score (nSPS) is 13.7. The summed E-state index contributed by atoms with van der Waals surface area (Å²) >= 11 is 5.57. The number of hydrogen-bond acceptors (Lipinski definition) is 2. The molecule has 1 aromatic rings. The lowest BCUT2D eigenvalue weighted by Gasteiger charge is -2.13. The van der Waals surface area contributed by atoms with Gasteiger partial charge in [-0.25, -0.2) is 4.39 Å². The Morgan fingerprint density at radius 3 is 2.65 bits per heavy atom. The minimum Gasteiger partial charge on any atom is -0.387 e. The Hall–Kier alpha value is -1.39. The molecule has 0 radical (unpaired) electrons. The molecule has 1 rings (SSSR count). The highest BCUT2D eigenvalue weighted by atomic mass is 35.5. The summed E-state index contributed by atoms with van der Waals surface area (Å²) in [5.74, 6) is -0.815. The van der Waals surface area contributed by atoms with Crippen molar-refractivity contribution >= 4 is 17.5 Å². The summed E-state index contributed by atoms with van der Waals surface area (Å²) in [6.07, 6.45) is -0.176. The highest BCUT2D eigenvalue weighted by molar-refractivity contribution is 6.30. The van der Waals surface area contributed by atoms with Gasteiger partial charge in [-0.05, 0) is 38.0 Å². The van der Waals surface area contributed by atoms with E-state index in [1.54, 1.807) is 6.92 Å². The van der Waals surface area contributed by atoms with Gasteiger partial charge in [0.2, 0.25) is 5.91 Å². The molecule has 0 aromatic heterocycles. The number of rotatable bonds is 5. The second-order valence-electron chi connectivity index (χ2n) is 4.66. The molecule has 2 N–H and O–H groups in total. The first-order valence-corrected chi connectivity index (χ1v) is 6.82. The van der Waals surface area contributed by atoms with Gasteiger partial charge in [-0.1, -0.05) is 30.2 Å². The molecule has 0 aliphatic rings. The molecule has 3 nitrogen and oxygen atoms in total. The Kier molecular flexibility index (Phi) is 6.17. The Bertz CT molecular complexity index is 529. The summed E-state index contributed by atoms with van der Waals surface area (Å²) in [5.41, 5.74) is 2.01. The largest absolute Gasteiger partial charge is 0.387 e. The SMILES string of the molecule is CC/C(C)=C(/C)C(=O)NCC(O)c1ccc(Cl)c(F)c1. The van der Waals surface area contributed by atoms with Gasteiger partial charge in [0.25, 0.3) is 0 Å². The summed E-state index contributed by atoms with van der Waals surface area (Å²) in [6, 6.07) is 4.07. The number of amides is 1. The molecule has 1 aromatic carbocycles. The van der Waals surface area contributed by atoms with Crippen LogP contribution in [0.25, 0.3) is 0 Å². The highest BCUT2D eigenvalue weighted by Gasteiger charge is 2.13. The zero-order valence-corrected chi connectivity index (χ0v) is 12.6. The van der Waals surface area contributed by atoms with Crippen LogP contribution in [0.5, 0.6) is 0 Å². The Labute approximate surface area is 123 Å². The molecule has 0 heterocycles. The first kappa shape index (κ1) is 16.7. The first-order valence-electron chi connectivity index (χ1n) is 6.44. The molecule has 0 aliphatic heterocycles. The van der Waals surface area contributed by atoms with E-state index in [-0.39, 0.29) is 17.5 Å². The third-order valence-electron chi connectivity index (χ3n) is 3.30. The maximum atomic E-state index is 13.3. The fraction of sp³-hybridized carbons (Fsp3) is 0.400. The van der Waals surface area contributed by atoms with Gasteiger partial charge in [0.05, 0.1) is 11.1 Å². The van der Waals surface area contributed by atoms with Gasteiger partial charge in [0, 0.05) is 12.1 Å². The average molecular weight is 300 g/mol. The molecule has 5 heteroatoms. The van der Waals surface area contributed by atoms with E-state index in [2.05, 4.69) is 5.32 Å². The molecule has 1 atom stereocenters. The fourth-order valence-corrected chi connectivity index (χ4v) is 1.74. The maximum Gasteiger partial charge on any atom is 0.246 e. The van der Waals surface area contributed by atoms with Crippen LogP contribution in [0.4, 0.5) is 4.39 Å². The van der Waals surface area contributed by atoms with Gasteiger partial charge in [-0.3, -0.25) is 4.79 Å². The van der Waals surface area contributed by atoms with Crippen LogP contribution in [0, 0.1) is 5.82 Å². The van der Waals surface area contributed by atoms with Crippen LogP contribution in [0.2, 0.25) is 5.02 Å². The zero-order chi connectivity index (χ0) is 15.3. The molecule has 0 saturated carbocycles. The number of allylic oxidation sites excluding steroid dienone is 1. The van der Waals surface area contributed by atoms with Gasteiger partial charge >= 0.3 is 0 Å². The predicted molar refractivity (Wildman–Crippen MR) is 78.0 cm³/mol. The van der Waals surface area contributed by atoms with Gasteiger partial charge in [-0.2, -0.15) is 0 Å². The molecule has 0 saturated heterocycles. The number of hydrogen-bond donors (Lipinski definition) is 2. The topological polar surface area (TPSA) is 49.3 Å². The molecule has 1 unspecified atom stereocenters. The van der Waals surface area contributed by atoms with Crippen molar-refractivity contribution in [3.05, 3.63) is 45.7 Å².